The van der Waals surface area contributed by atoms with Gasteiger partial charge in [0, 0.05) is 25.8 Å². The number of nitrogens with zero attached hydrogens (tertiary/aromatic N) is 2. The number of hydrogen-bond acceptors (Lipinski definition) is 4. The summed E-state index contributed by atoms with van der Waals surface area (Å²) in [6.45, 7) is 5.87. The van der Waals surface area contributed by atoms with Crippen LogP contribution in [0.5, 0.6) is 0 Å². The fourth-order valence-electron chi connectivity index (χ4n) is 4.71. The fourth-order valence-corrected chi connectivity index (χ4v) is 4.71. The van der Waals surface area contributed by atoms with Crippen LogP contribution in [0.25, 0.3) is 0 Å². The zero-order valence-corrected chi connectivity index (χ0v) is 15.7. The van der Waals surface area contributed by atoms with Crippen LogP contribution in [-0.4, -0.2) is 49.1 Å². The normalized spacial score (nSPS) is 27.2. The van der Waals surface area contributed by atoms with Crippen molar-refractivity contribution < 1.29 is 9.59 Å². The van der Waals surface area contributed by atoms with E-state index in [1.807, 2.05) is 6.92 Å². The number of rotatable bonds is 3. The van der Waals surface area contributed by atoms with E-state index in [2.05, 4.69) is 45.7 Å². The largest absolute Gasteiger partial charge is 0.374 e. The molecule has 6 heteroatoms. The summed E-state index contributed by atoms with van der Waals surface area (Å²) in [5.41, 5.74) is 3.45. The summed E-state index contributed by atoms with van der Waals surface area (Å²) >= 11 is 0. The van der Waals surface area contributed by atoms with E-state index in [4.69, 9.17) is 0 Å². The van der Waals surface area contributed by atoms with Gasteiger partial charge in [0.15, 0.2) is 0 Å². The molecule has 6 nitrogen and oxygen atoms in total. The van der Waals surface area contributed by atoms with Gasteiger partial charge in [-0.15, -0.1) is 0 Å². The van der Waals surface area contributed by atoms with Crippen molar-refractivity contribution in [2.45, 2.75) is 44.7 Å². The number of hydrogen-bond donors (Lipinski definition) is 2. The Kier molecular flexibility index (Phi) is 4.39. The second-order valence-electron chi connectivity index (χ2n) is 8.15. The molecule has 3 heterocycles. The van der Waals surface area contributed by atoms with Gasteiger partial charge in [0.05, 0.1) is 0 Å². The maximum absolute atomic E-state index is 12.1. The Morgan fingerprint density at radius 1 is 1.19 bits per heavy atom. The molecule has 3 aliphatic heterocycles. The average Bonchev–Trinajstić information content (AvgIpc) is 2.88. The molecule has 0 aromatic heterocycles. The van der Waals surface area contributed by atoms with Gasteiger partial charge in [0.25, 0.3) is 5.91 Å². The predicted octanol–water partition coefficient (Wildman–Crippen LogP) is 1.88. The highest BCUT2D eigenvalue weighted by Crippen LogP contribution is 2.32. The first-order valence-corrected chi connectivity index (χ1v) is 9.64. The second-order valence-corrected chi connectivity index (χ2v) is 8.15. The SMILES string of the molecule is CN1CCCc2cc(CN3CCC(C4(C)NC(=O)NC4=O)CC3)ccc21. The summed E-state index contributed by atoms with van der Waals surface area (Å²) in [6, 6.07) is 6.51. The number of likely N-dealkylation sites (tertiary alicyclic amines) is 1. The quantitative estimate of drug-likeness (QED) is 0.812. The van der Waals surface area contributed by atoms with E-state index in [0.29, 0.717) is 0 Å². The summed E-state index contributed by atoms with van der Waals surface area (Å²) in [6.07, 6.45) is 4.25. The number of benzene rings is 1. The van der Waals surface area contributed by atoms with E-state index in [9.17, 15) is 9.59 Å². The Labute approximate surface area is 154 Å². The van der Waals surface area contributed by atoms with Crippen LogP contribution in [0.2, 0.25) is 0 Å². The Bertz CT molecular complexity index is 727. The van der Waals surface area contributed by atoms with Gasteiger partial charge >= 0.3 is 6.03 Å². The highest BCUT2D eigenvalue weighted by atomic mass is 16.2. The number of piperidine rings is 1. The van der Waals surface area contributed by atoms with Crippen LogP contribution >= 0.6 is 0 Å². The van der Waals surface area contributed by atoms with Crippen LogP contribution in [0.15, 0.2) is 18.2 Å². The number of urea groups is 1. The summed E-state index contributed by atoms with van der Waals surface area (Å²) in [4.78, 5) is 28.4. The first-order valence-electron chi connectivity index (χ1n) is 9.64. The molecule has 0 saturated carbocycles. The van der Waals surface area contributed by atoms with Crippen LogP contribution in [0.1, 0.15) is 37.3 Å². The summed E-state index contributed by atoms with van der Waals surface area (Å²) in [7, 11) is 2.17. The molecule has 0 spiro atoms. The molecule has 3 amide bonds. The van der Waals surface area contributed by atoms with Crippen molar-refractivity contribution >= 4 is 17.6 Å². The Morgan fingerprint density at radius 2 is 1.96 bits per heavy atom. The van der Waals surface area contributed by atoms with Crippen molar-refractivity contribution in [2.24, 2.45) is 5.92 Å². The highest BCUT2D eigenvalue weighted by Gasteiger charge is 2.48. The van der Waals surface area contributed by atoms with Crippen LogP contribution in [0.3, 0.4) is 0 Å². The molecule has 140 valence electrons. The molecule has 3 aliphatic rings. The molecule has 1 aromatic carbocycles. The third-order valence-electron chi connectivity index (χ3n) is 6.38. The predicted molar refractivity (Wildman–Crippen MR) is 101 cm³/mol. The number of carbonyl (C=O) groups is 2. The minimum Gasteiger partial charge on any atom is -0.374 e. The lowest BCUT2D eigenvalue weighted by molar-refractivity contribution is -0.125. The van der Waals surface area contributed by atoms with Gasteiger partial charge in [-0.1, -0.05) is 12.1 Å². The van der Waals surface area contributed by atoms with Gasteiger partial charge < -0.3 is 10.2 Å². The Hall–Kier alpha value is -2.08. The summed E-state index contributed by atoms with van der Waals surface area (Å²) < 4.78 is 0. The number of nitrogens with one attached hydrogen (secondary N) is 2. The first-order chi connectivity index (χ1) is 12.5. The van der Waals surface area contributed by atoms with Crippen molar-refractivity contribution in [3.8, 4) is 0 Å². The molecule has 0 radical (unpaired) electrons. The Balaban J connectivity index is 1.37. The summed E-state index contributed by atoms with van der Waals surface area (Å²) in [5.74, 6) is 0.0159. The standard InChI is InChI=1S/C20H28N4O2/c1-20(18(25)21-19(26)22-20)16-7-10-24(11-8-16)13-14-5-6-17-15(12-14)4-3-9-23(17)2/h5-6,12,16H,3-4,7-11,13H2,1-2H3,(H2,21,22,25,26). The van der Waals surface area contributed by atoms with Crippen molar-refractivity contribution in [2.75, 3.05) is 31.6 Å². The molecule has 2 N–H and O–H groups in total. The number of carbonyl (C=O) groups excluding carboxylic acids is 2. The number of amides is 3. The van der Waals surface area contributed by atoms with Gasteiger partial charge in [-0.25, -0.2) is 4.79 Å². The second kappa shape index (κ2) is 6.58. The molecule has 2 saturated heterocycles. The topological polar surface area (TPSA) is 64.7 Å². The van der Waals surface area contributed by atoms with Crippen LogP contribution in [0, 0.1) is 5.92 Å². The van der Waals surface area contributed by atoms with Gasteiger partial charge in [0.2, 0.25) is 0 Å². The lowest BCUT2D eigenvalue weighted by Crippen LogP contribution is -2.53. The van der Waals surface area contributed by atoms with Gasteiger partial charge in [0.1, 0.15) is 5.54 Å². The van der Waals surface area contributed by atoms with E-state index in [0.717, 1.165) is 39.0 Å². The molecule has 1 unspecified atom stereocenters. The number of anilines is 1. The minimum absolute atomic E-state index is 0.181. The van der Waals surface area contributed by atoms with Crippen molar-refractivity contribution in [1.29, 1.82) is 0 Å². The lowest BCUT2D eigenvalue weighted by atomic mass is 9.79. The maximum atomic E-state index is 12.1. The van der Waals surface area contributed by atoms with Crippen LogP contribution in [0.4, 0.5) is 10.5 Å². The van der Waals surface area contributed by atoms with Gasteiger partial charge in [-0.2, -0.15) is 0 Å². The molecule has 0 aliphatic carbocycles. The van der Waals surface area contributed by atoms with E-state index in [-0.39, 0.29) is 17.9 Å². The van der Waals surface area contributed by atoms with Crippen LogP contribution < -0.4 is 15.5 Å². The molecule has 1 aromatic rings. The van der Waals surface area contributed by atoms with E-state index in [1.165, 1.54) is 29.7 Å². The highest BCUT2D eigenvalue weighted by molar-refractivity contribution is 6.06. The fraction of sp³-hybridized carbons (Fsp3) is 0.600. The van der Waals surface area contributed by atoms with E-state index >= 15 is 0 Å². The number of fused-ring (bicyclic) bond motifs is 1. The molecule has 1 atom stereocenters. The van der Waals surface area contributed by atoms with Crippen molar-refractivity contribution in [1.82, 2.24) is 15.5 Å². The smallest absolute Gasteiger partial charge is 0.322 e. The molecule has 4 rings (SSSR count). The van der Waals surface area contributed by atoms with Gasteiger partial charge in [-0.3, -0.25) is 15.0 Å². The monoisotopic (exact) mass is 356 g/mol. The molecule has 0 bridgehead atoms. The number of aryl methyl sites for hydroxylation is 1. The third-order valence-corrected chi connectivity index (χ3v) is 6.38. The Morgan fingerprint density at radius 3 is 2.65 bits per heavy atom. The molecule has 2 fully saturated rings. The van der Waals surface area contributed by atoms with Crippen molar-refractivity contribution in [3.63, 3.8) is 0 Å². The van der Waals surface area contributed by atoms with Crippen molar-refractivity contribution in [3.05, 3.63) is 29.3 Å². The maximum Gasteiger partial charge on any atom is 0.322 e. The lowest BCUT2D eigenvalue weighted by Gasteiger charge is -2.38. The molecular weight excluding hydrogens is 328 g/mol. The number of imide groups is 1. The molecular formula is C20H28N4O2. The van der Waals surface area contributed by atoms with E-state index in [1.54, 1.807) is 0 Å². The zero-order chi connectivity index (χ0) is 18.3. The average molecular weight is 356 g/mol. The van der Waals surface area contributed by atoms with E-state index < -0.39 is 5.54 Å². The third kappa shape index (κ3) is 3.07. The van der Waals surface area contributed by atoms with Gasteiger partial charge in [-0.05, 0) is 68.8 Å². The minimum atomic E-state index is -0.750. The van der Waals surface area contributed by atoms with Crippen LogP contribution in [-0.2, 0) is 17.8 Å². The molecule has 26 heavy (non-hydrogen) atoms. The summed E-state index contributed by atoms with van der Waals surface area (Å²) in [5, 5.41) is 5.21. The zero-order valence-electron chi connectivity index (χ0n) is 15.7. The first kappa shape index (κ1) is 17.3.